The molecule has 0 fully saturated rings. The number of aromatic nitrogens is 1. The van der Waals surface area contributed by atoms with Crippen molar-refractivity contribution in [3.05, 3.63) is 41.2 Å². The van der Waals surface area contributed by atoms with E-state index in [4.69, 9.17) is 16.3 Å². The number of fused-ring (bicyclic) bond motifs is 1. The predicted molar refractivity (Wildman–Crippen MR) is 86.5 cm³/mol. The van der Waals surface area contributed by atoms with Gasteiger partial charge in [0.05, 0.1) is 13.7 Å². The minimum Gasteiger partial charge on any atom is -0.468 e. The number of amides is 1. The van der Waals surface area contributed by atoms with Gasteiger partial charge in [0.1, 0.15) is 17.4 Å². The molecule has 1 aromatic heterocycles. The molecule has 0 bridgehead atoms. The highest BCUT2D eigenvalue weighted by Gasteiger charge is 2.21. The van der Waals surface area contributed by atoms with E-state index in [2.05, 4.69) is 9.72 Å². The second-order valence-corrected chi connectivity index (χ2v) is 5.17. The van der Waals surface area contributed by atoms with E-state index in [0.29, 0.717) is 6.61 Å². The third-order valence-corrected chi connectivity index (χ3v) is 3.60. The van der Waals surface area contributed by atoms with Crippen molar-refractivity contribution >= 4 is 34.2 Å². The van der Waals surface area contributed by atoms with Gasteiger partial charge in [0, 0.05) is 19.0 Å². The zero-order chi connectivity index (χ0) is 16.8. The molecule has 2 aromatic rings. The van der Waals surface area contributed by atoms with Crippen molar-refractivity contribution in [2.45, 2.75) is 0 Å². The molecule has 1 heterocycles. The normalized spacial score (nSPS) is 10.6. The highest BCUT2D eigenvalue weighted by Crippen LogP contribution is 2.22. The highest BCUT2D eigenvalue weighted by atomic mass is 35.5. The average Bonchev–Trinajstić information content (AvgIpc) is 2.57. The molecule has 0 spiro atoms. The minimum absolute atomic E-state index is 0.175. The minimum atomic E-state index is -0.513. The number of esters is 1. The maximum absolute atomic E-state index is 12.6. The number of pyridine rings is 1. The van der Waals surface area contributed by atoms with Crippen LogP contribution in [0.5, 0.6) is 0 Å². The monoisotopic (exact) mass is 336 g/mol. The maximum Gasteiger partial charge on any atom is 0.325 e. The van der Waals surface area contributed by atoms with Crippen LogP contribution in [0.1, 0.15) is 10.5 Å². The van der Waals surface area contributed by atoms with E-state index in [1.807, 2.05) is 24.3 Å². The van der Waals surface area contributed by atoms with E-state index in [0.717, 1.165) is 10.8 Å². The Bertz CT molecular complexity index is 720. The summed E-state index contributed by atoms with van der Waals surface area (Å²) >= 11 is 6.15. The zero-order valence-corrected chi connectivity index (χ0v) is 13.7. The fraction of sp³-hybridized carbons (Fsp3) is 0.312. The molecule has 2 rings (SSSR count). The van der Waals surface area contributed by atoms with Crippen molar-refractivity contribution in [1.29, 1.82) is 0 Å². The lowest BCUT2D eigenvalue weighted by molar-refractivity contribution is -0.141. The van der Waals surface area contributed by atoms with Crippen LogP contribution in [0.15, 0.2) is 30.3 Å². The standard InChI is InChI=1S/C16H17ClN2O4/c1-22-8-7-19(10-14(20)23-2)16(21)13-9-11-5-3-4-6-12(11)15(17)18-13/h3-6,9H,7-8,10H2,1-2H3. The molecule has 0 saturated carbocycles. The second kappa shape index (κ2) is 7.89. The van der Waals surface area contributed by atoms with E-state index in [-0.39, 0.29) is 23.9 Å². The number of rotatable bonds is 6. The third kappa shape index (κ3) is 4.18. The molecule has 0 unspecified atom stereocenters. The lowest BCUT2D eigenvalue weighted by Crippen LogP contribution is -2.38. The van der Waals surface area contributed by atoms with Crippen LogP contribution in [0.3, 0.4) is 0 Å². The smallest absolute Gasteiger partial charge is 0.325 e. The van der Waals surface area contributed by atoms with Gasteiger partial charge >= 0.3 is 5.97 Å². The fourth-order valence-electron chi connectivity index (χ4n) is 2.10. The molecular weight excluding hydrogens is 320 g/mol. The van der Waals surface area contributed by atoms with Gasteiger partial charge in [-0.05, 0) is 11.5 Å². The Labute approximate surface area is 139 Å². The molecule has 0 aliphatic rings. The van der Waals surface area contributed by atoms with E-state index < -0.39 is 11.9 Å². The molecule has 1 aromatic carbocycles. The first-order valence-electron chi connectivity index (χ1n) is 6.97. The number of ether oxygens (including phenoxy) is 2. The van der Waals surface area contributed by atoms with Crippen molar-refractivity contribution in [3.8, 4) is 0 Å². The lowest BCUT2D eigenvalue weighted by Gasteiger charge is -2.21. The van der Waals surface area contributed by atoms with Crippen LogP contribution >= 0.6 is 11.6 Å². The summed E-state index contributed by atoms with van der Waals surface area (Å²) in [6.07, 6.45) is 0. The van der Waals surface area contributed by atoms with Crippen LogP contribution < -0.4 is 0 Å². The van der Waals surface area contributed by atoms with Crippen molar-refractivity contribution in [2.75, 3.05) is 33.9 Å². The SMILES string of the molecule is COCCN(CC(=O)OC)C(=O)c1cc2ccccc2c(Cl)n1. The molecule has 7 heteroatoms. The van der Waals surface area contributed by atoms with Crippen molar-refractivity contribution in [1.82, 2.24) is 9.88 Å². The number of carbonyl (C=O) groups excluding carboxylic acids is 2. The molecule has 0 aliphatic heterocycles. The van der Waals surface area contributed by atoms with Crippen LogP contribution in [0.4, 0.5) is 0 Å². The van der Waals surface area contributed by atoms with Gasteiger partial charge in [-0.3, -0.25) is 9.59 Å². The van der Waals surface area contributed by atoms with Crippen LogP contribution in [0.2, 0.25) is 5.15 Å². The van der Waals surface area contributed by atoms with Crippen molar-refractivity contribution < 1.29 is 19.1 Å². The molecule has 23 heavy (non-hydrogen) atoms. The predicted octanol–water partition coefficient (Wildman–Crippen LogP) is 2.15. The highest BCUT2D eigenvalue weighted by molar-refractivity contribution is 6.34. The average molecular weight is 337 g/mol. The van der Waals surface area contributed by atoms with Gasteiger partial charge in [-0.15, -0.1) is 0 Å². The molecule has 0 saturated heterocycles. The van der Waals surface area contributed by atoms with Crippen LogP contribution in [0.25, 0.3) is 10.8 Å². The first-order chi connectivity index (χ1) is 11.1. The molecule has 0 N–H and O–H groups in total. The summed E-state index contributed by atoms with van der Waals surface area (Å²) < 4.78 is 9.60. The molecule has 0 radical (unpaired) electrons. The van der Waals surface area contributed by atoms with Crippen molar-refractivity contribution in [3.63, 3.8) is 0 Å². The first kappa shape index (κ1) is 17.2. The summed E-state index contributed by atoms with van der Waals surface area (Å²) in [5.74, 6) is -0.915. The zero-order valence-electron chi connectivity index (χ0n) is 12.9. The largest absolute Gasteiger partial charge is 0.468 e. The Balaban J connectivity index is 2.32. The van der Waals surface area contributed by atoms with Gasteiger partial charge in [0.2, 0.25) is 0 Å². The van der Waals surface area contributed by atoms with Gasteiger partial charge in [0.25, 0.3) is 5.91 Å². The summed E-state index contributed by atoms with van der Waals surface area (Å²) in [4.78, 5) is 29.6. The maximum atomic E-state index is 12.6. The van der Waals surface area contributed by atoms with E-state index in [1.165, 1.54) is 19.1 Å². The van der Waals surface area contributed by atoms with E-state index in [9.17, 15) is 9.59 Å². The first-order valence-corrected chi connectivity index (χ1v) is 7.35. The Hall–Kier alpha value is -2.18. The fourth-order valence-corrected chi connectivity index (χ4v) is 2.37. The molecule has 0 atom stereocenters. The number of halogens is 1. The summed E-state index contributed by atoms with van der Waals surface area (Å²) in [5.41, 5.74) is 0.175. The molecule has 6 nitrogen and oxygen atoms in total. The van der Waals surface area contributed by atoms with Gasteiger partial charge in [-0.25, -0.2) is 4.98 Å². The van der Waals surface area contributed by atoms with E-state index >= 15 is 0 Å². The Morgan fingerprint density at radius 2 is 2.00 bits per heavy atom. The lowest BCUT2D eigenvalue weighted by atomic mass is 10.1. The number of nitrogens with zero attached hydrogens (tertiary/aromatic N) is 2. The number of hydrogen-bond acceptors (Lipinski definition) is 5. The van der Waals surface area contributed by atoms with Crippen molar-refractivity contribution in [2.24, 2.45) is 0 Å². The summed E-state index contributed by atoms with van der Waals surface area (Å²) in [6, 6.07) is 9.03. The quantitative estimate of drug-likeness (QED) is 0.597. The molecular formula is C16H17ClN2O4. The Kier molecular flexibility index (Phi) is 5.90. The van der Waals surface area contributed by atoms with Crippen LogP contribution in [-0.4, -0.2) is 55.7 Å². The van der Waals surface area contributed by atoms with Gasteiger partial charge in [0.15, 0.2) is 0 Å². The Morgan fingerprint density at radius 1 is 1.26 bits per heavy atom. The topological polar surface area (TPSA) is 68.7 Å². The number of carbonyl (C=O) groups is 2. The second-order valence-electron chi connectivity index (χ2n) is 4.82. The van der Waals surface area contributed by atoms with Gasteiger partial charge < -0.3 is 14.4 Å². The Morgan fingerprint density at radius 3 is 2.70 bits per heavy atom. The van der Waals surface area contributed by atoms with Gasteiger partial charge in [-0.1, -0.05) is 35.9 Å². The number of benzene rings is 1. The molecule has 1 amide bonds. The number of methoxy groups -OCH3 is 2. The molecule has 122 valence electrons. The summed E-state index contributed by atoms with van der Waals surface area (Å²) in [5, 5.41) is 1.82. The molecule has 0 aliphatic carbocycles. The summed E-state index contributed by atoms with van der Waals surface area (Å²) in [6.45, 7) is 0.366. The summed E-state index contributed by atoms with van der Waals surface area (Å²) in [7, 11) is 2.79. The van der Waals surface area contributed by atoms with Crippen LogP contribution in [0, 0.1) is 0 Å². The van der Waals surface area contributed by atoms with E-state index in [1.54, 1.807) is 6.07 Å². The third-order valence-electron chi connectivity index (χ3n) is 3.31. The van der Waals surface area contributed by atoms with Gasteiger partial charge in [-0.2, -0.15) is 0 Å². The number of hydrogen-bond donors (Lipinski definition) is 0. The van der Waals surface area contributed by atoms with Crippen LogP contribution in [-0.2, 0) is 14.3 Å².